The van der Waals surface area contributed by atoms with E-state index in [1.807, 2.05) is 55.5 Å². The van der Waals surface area contributed by atoms with Gasteiger partial charge in [0.2, 0.25) is 5.91 Å². The number of piperidine rings is 1. The topological polar surface area (TPSA) is 58.6 Å². The number of ether oxygens (including phenoxy) is 1. The Balaban J connectivity index is 1.40. The summed E-state index contributed by atoms with van der Waals surface area (Å²) < 4.78 is 5.45. The van der Waals surface area contributed by atoms with Crippen LogP contribution in [0.4, 0.5) is 5.69 Å². The molecule has 0 bridgehead atoms. The van der Waals surface area contributed by atoms with E-state index >= 15 is 0 Å². The van der Waals surface area contributed by atoms with Crippen molar-refractivity contribution in [1.82, 2.24) is 5.32 Å². The van der Waals surface area contributed by atoms with Gasteiger partial charge in [-0.3, -0.25) is 9.59 Å². The number of nitrogens with zero attached hydrogens (tertiary/aromatic N) is 1. The highest BCUT2D eigenvalue weighted by atomic mass is 16.5. The number of hydrogen-bond acceptors (Lipinski definition) is 4. The molecule has 2 aromatic carbocycles. The fraction of sp³-hybridized carbons (Fsp3) is 0.391. The van der Waals surface area contributed by atoms with Crippen molar-refractivity contribution in [3.63, 3.8) is 0 Å². The van der Waals surface area contributed by atoms with Crippen LogP contribution < -0.4 is 15.0 Å². The minimum absolute atomic E-state index is 0.0748. The number of carbonyl (C=O) groups is 2. The van der Waals surface area contributed by atoms with Crippen molar-refractivity contribution in [3.8, 4) is 5.75 Å². The van der Waals surface area contributed by atoms with E-state index in [9.17, 15) is 9.59 Å². The monoisotopic (exact) mass is 380 g/mol. The molecule has 2 aromatic rings. The van der Waals surface area contributed by atoms with Gasteiger partial charge in [-0.1, -0.05) is 12.1 Å². The molecule has 0 spiro atoms. The molecule has 5 heteroatoms. The predicted octanol–water partition coefficient (Wildman–Crippen LogP) is 3.47. The molecular weight excluding hydrogens is 352 g/mol. The molecule has 1 aliphatic rings. The molecule has 0 aliphatic carbocycles. The lowest BCUT2D eigenvalue weighted by molar-refractivity contribution is -0.125. The molecule has 1 heterocycles. The third kappa shape index (κ3) is 5.35. The number of anilines is 1. The van der Waals surface area contributed by atoms with Crippen molar-refractivity contribution < 1.29 is 14.3 Å². The summed E-state index contributed by atoms with van der Waals surface area (Å²) in [5.74, 6) is 1.11. The van der Waals surface area contributed by atoms with Crippen LogP contribution >= 0.6 is 0 Å². The predicted molar refractivity (Wildman–Crippen MR) is 111 cm³/mol. The van der Waals surface area contributed by atoms with Crippen molar-refractivity contribution in [2.75, 3.05) is 31.1 Å². The van der Waals surface area contributed by atoms with Crippen molar-refractivity contribution in [2.24, 2.45) is 5.92 Å². The average Bonchev–Trinajstić information content (AvgIpc) is 2.75. The molecule has 148 valence electrons. The Labute approximate surface area is 166 Å². The second-order valence-corrected chi connectivity index (χ2v) is 7.09. The van der Waals surface area contributed by atoms with E-state index in [-0.39, 0.29) is 11.8 Å². The number of carbonyl (C=O) groups excluding carboxylic acids is 2. The molecule has 1 aliphatic heterocycles. The molecule has 1 N–H and O–H groups in total. The zero-order valence-electron chi connectivity index (χ0n) is 16.4. The molecule has 0 saturated carbocycles. The maximum atomic E-state index is 12.5. The number of amides is 1. The zero-order valence-corrected chi connectivity index (χ0v) is 16.4. The Morgan fingerprint density at radius 3 is 2.39 bits per heavy atom. The summed E-state index contributed by atoms with van der Waals surface area (Å²) in [6.45, 7) is 5.00. The minimum atomic E-state index is 0.0748. The lowest BCUT2D eigenvalue weighted by atomic mass is 9.95. The van der Waals surface area contributed by atoms with Gasteiger partial charge in [-0.25, -0.2) is 0 Å². The molecule has 5 nitrogen and oxygen atoms in total. The highest BCUT2D eigenvalue weighted by molar-refractivity contribution is 5.79. The molecule has 1 saturated heterocycles. The first-order chi connectivity index (χ1) is 13.7. The summed E-state index contributed by atoms with van der Waals surface area (Å²) in [6.07, 6.45) is 3.38. The summed E-state index contributed by atoms with van der Waals surface area (Å²) in [5, 5.41) is 3.08. The second kappa shape index (κ2) is 9.93. The summed E-state index contributed by atoms with van der Waals surface area (Å²) in [4.78, 5) is 25.5. The maximum absolute atomic E-state index is 12.5. The molecule has 0 atom stereocenters. The maximum Gasteiger partial charge on any atom is 0.223 e. The first kappa shape index (κ1) is 19.9. The SMILES string of the molecule is CCOc1ccc(CCNC(=O)C2CCN(c3ccc(C=O)cc3)CC2)cc1. The van der Waals surface area contributed by atoms with E-state index in [0.29, 0.717) is 18.7 Å². The van der Waals surface area contributed by atoms with Crippen LogP contribution in [0.5, 0.6) is 5.75 Å². The van der Waals surface area contributed by atoms with E-state index in [2.05, 4.69) is 10.2 Å². The normalized spacial score (nSPS) is 14.5. The number of rotatable bonds is 8. The first-order valence-corrected chi connectivity index (χ1v) is 9.99. The van der Waals surface area contributed by atoms with Crippen LogP contribution in [-0.4, -0.2) is 38.4 Å². The van der Waals surface area contributed by atoms with Gasteiger partial charge in [0.05, 0.1) is 6.61 Å². The number of hydrogen-bond donors (Lipinski definition) is 1. The van der Waals surface area contributed by atoms with Gasteiger partial charge in [-0.2, -0.15) is 0 Å². The third-order valence-corrected chi connectivity index (χ3v) is 5.21. The van der Waals surface area contributed by atoms with E-state index < -0.39 is 0 Å². The molecule has 28 heavy (non-hydrogen) atoms. The summed E-state index contributed by atoms with van der Waals surface area (Å²) in [6, 6.07) is 15.7. The van der Waals surface area contributed by atoms with Gasteiger partial charge in [0.15, 0.2) is 0 Å². The van der Waals surface area contributed by atoms with E-state index in [1.165, 1.54) is 5.56 Å². The van der Waals surface area contributed by atoms with Gasteiger partial charge in [0, 0.05) is 36.8 Å². The summed E-state index contributed by atoms with van der Waals surface area (Å²) in [7, 11) is 0. The van der Waals surface area contributed by atoms with Gasteiger partial charge in [0.25, 0.3) is 0 Å². The number of benzene rings is 2. The van der Waals surface area contributed by atoms with Crippen molar-refractivity contribution in [2.45, 2.75) is 26.2 Å². The highest BCUT2D eigenvalue weighted by Crippen LogP contribution is 2.23. The Bertz CT molecular complexity index is 763. The van der Waals surface area contributed by atoms with Gasteiger partial charge >= 0.3 is 0 Å². The van der Waals surface area contributed by atoms with Crippen molar-refractivity contribution in [3.05, 3.63) is 59.7 Å². The Hall–Kier alpha value is -2.82. The van der Waals surface area contributed by atoms with Crippen LogP contribution in [-0.2, 0) is 11.2 Å². The fourth-order valence-electron chi connectivity index (χ4n) is 3.56. The van der Waals surface area contributed by atoms with Crippen LogP contribution in [0.3, 0.4) is 0 Å². The van der Waals surface area contributed by atoms with Crippen molar-refractivity contribution >= 4 is 17.9 Å². The van der Waals surface area contributed by atoms with Gasteiger partial charge < -0.3 is 15.0 Å². The Kier molecular flexibility index (Phi) is 7.06. The lowest BCUT2D eigenvalue weighted by Gasteiger charge is -2.33. The summed E-state index contributed by atoms with van der Waals surface area (Å²) >= 11 is 0. The van der Waals surface area contributed by atoms with Gasteiger partial charge in [-0.05, 0) is 68.1 Å². The largest absolute Gasteiger partial charge is 0.494 e. The van der Waals surface area contributed by atoms with Crippen LogP contribution in [0.2, 0.25) is 0 Å². The van der Waals surface area contributed by atoms with Crippen LogP contribution in [0.15, 0.2) is 48.5 Å². The Morgan fingerprint density at radius 1 is 1.11 bits per heavy atom. The number of nitrogens with one attached hydrogen (secondary N) is 1. The first-order valence-electron chi connectivity index (χ1n) is 9.99. The Morgan fingerprint density at radius 2 is 1.79 bits per heavy atom. The standard InChI is InChI=1S/C23H28N2O3/c1-2-28-22-9-5-18(6-10-22)11-14-24-23(27)20-12-15-25(16-13-20)21-7-3-19(17-26)4-8-21/h3-10,17,20H,2,11-16H2,1H3,(H,24,27). The van der Waals surface area contributed by atoms with E-state index in [0.717, 1.165) is 50.1 Å². The molecular formula is C23H28N2O3. The number of aldehydes is 1. The van der Waals surface area contributed by atoms with E-state index in [1.54, 1.807) is 0 Å². The van der Waals surface area contributed by atoms with Gasteiger partial charge in [0.1, 0.15) is 12.0 Å². The molecule has 3 rings (SSSR count). The molecule has 1 fully saturated rings. The van der Waals surface area contributed by atoms with Crippen LogP contribution in [0, 0.1) is 5.92 Å². The molecule has 1 amide bonds. The quantitative estimate of drug-likeness (QED) is 0.713. The minimum Gasteiger partial charge on any atom is -0.494 e. The van der Waals surface area contributed by atoms with E-state index in [4.69, 9.17) is 4.74 Å². The average molecular weight is 380 g/mol. The molecule has 0 radical (unpaired) electrons. The van der Waals surface area contributed by atoms with Crippen molar-refractivity contribution in [1.29, 1.82) is 0 Å². The molecule has 0 unspecified atom stereocenters. The van der Waals surface area contributed by atoms with Gasteiger partial charge in [-0.15, -0.1) is 0 Å². The molecule has 0 aromatic heterocycles. The van der Waals surface area contributed by atoms with Crippen LogP contribution in [0.25, 0.3) is 0 Å². The zero-order chi connectivity index (χ0) is 19.8. The second-order valence-electron chi connectivity index (χ2n) is 7.09. The third-order valence-electron chi connectivity index (χ3n) is 5.21. The van der Waals surface area contributed by atoms with Crippen LogP contribution in [0.1, 0.15) is 35.7 Å². The lowest BCUT2D eigenvalue weighted by Crippen LogP contribution is -2.41. The fourth-order valence-corrected chi connectivity index (χ4v) is 3.56. The smallest absolute Gasteiger partial charge is 0.223 e. The summed E-state index contributed by atoms with van der Waals surface area (Å²) in [5.41, 5.74) is 2.99. The highest BCUT2D eigenvalue weighted by Gasteiger charge is 2.24.